The van der Waals surface area contributed by atoms with Gasteiger partial charge in [-0.3, -0.25) is 4.79 Å². The van der Waals surface area contributed by atoms with Crippen LogP contribution in [-0.4, -0.2) is 25.5 Å². The maximum absolute atomic E-state index is 11.4. The number of hydrogen-bond donors (Lipinski definition) is 2. The van der Waals surface area contributed by atoms with Crippen LogP contribution in [0.15, 0.2) is 0 Å². The molecule has 0 radical (unpaired) electrons. The van der Waals surface area contributed by atoms with Crippen molar-refractivity contribution in [2.45, 2.75) is 33.7 Å². The van der Waals surface area contributed by atoms with E-state index in [1.54, 1.807) is 7.05 Å². The van der Waals surface area contributed by atoms with Crippen LogP contribution in [0.3, 0.4) is 0 Å². The molecule has 0 aromatic carbocycles. The zero-order chi connectivity index (χ0) is 10.4. The molecule has 0 aliphatic rings. The zero-order valence-corrected chi connectivity index (χ0v) is 9.35. The van der Waals surface area contributed by atoms with Gasteiger partial charge in [0.2, 0.25) is 5.91 Å². The normalized spacial score (nSPS) is 13.5. The Morgan fingerprint density at radius 3 is 2.08 bits per heavy atom. The molecule has 0 fully saturated rings. The van der Waals surface area contributed by atoms with E-state index in [2.05, 4.69) is 24.5 Å². The average molecular weight is 186 g/mol. The van der Waals surface area contributed by atoms with Crippen LogP contribution < -0.4 is 10.6 Å². The van der Waals surface area contributed by atoms with E-state index in [0.29, 0.717) is 11.8 Å². The van der Waals surface area contributed by atoms with E-state index in [1.165, 1.54) is 0 Å². The molecule has 0 aromatic heterocycles. The highest BCUT2D eigenvalue weighted by Crippen LogP contribution is 2.02. The number of carbonyl (C=O) groups is 1. The summed E-state index contributed by atoms with van der Waals surface area (Å²) in [4.78, 5) is 11.4. The van der Waals surface area contributed by atoms with Gasteiger partial charge in [0.15, 0.2) is 0 Å². The van der Waals surface area contributed by atoms with Crippen molar-refractivity contribution < 1.29 is 4.79 Å². The third-order valence-corrected chi connectivity index (χ3v) is 1.94. The average Bonchev–Trinajstić information content (AvgIpc) is 2.03. The van der Waals surface area contributed by atoms with E-state index in [-0.39, 0.29) is 11.9 Å². The van der Waals surface area contributed by atoms with Gasteiger partial charge in [0.05, 0.1) is 6.04 Å². The monoisotopic (exact) mass is 186 g/mol. The maximum Gasteiger partial charge on any atom is 0.237 e. The summed E-state index contributed by atoms with van der Waals surface area (Å²) in [6.45, 7) is 9.25. The highest BCUT2D eigenvalue weighted by molar-refractivity contribution is 5.81. The number of amides is 1. The molecule has 1 atom stereocenters. The molecule has 0 spiro atoms. The highest BCUT2D eigenvalue weighted by atomic mass is 16.2. The molecule has 0 aliphatic heterocycles. The van der Waals surface area contributed by atoms with Crippen molar-refractivity contribution in [1.29, 1.82) is 0 Å². The Morgan fingerprint density at radius 2 is 1.77 bits per heavy atom. The Morgan fingerprint density at radius 1 is 1.23 bits per heavy atom. The van der Waals surface area contributed by atoms with Crippen molar-refractivity contribution in [2.75, 3.05) is 13.6 Å². The van der Waals surface area contributed by atoms with Crippen molar-refractivity contribution in [2.24, 2.45) is 11.8 Å². The quantitative estimate of drug-likeness (QED) is 0.672. The molecular weight excluding hydrogens is 164 g/mol. The molecule has 13 heavy (non-hydrogen) atoms. The molecule has 2 N–H and O–H groups in total. The second kappa shape index (κ2) is 5.97. The van der Waals surface area contributed by atoms with E-state index in [0.717, 1.165) is 6.54 Å². The molecule has 78 valence electrons. The number of hydrogen-bond acceptors (Lipinski definition) is 2. The molecule has 0 bridgehead atoms. The van der Waals surface area contributed by atoms with Crippen LogP contribution in [0.5, 0.6) is 0 Å². The Bertz CT molecular complexity index is 155. The molecule has 0 rings (SSSR count). The second-order valence-corrected chi connectivity index (χ2v) is 4.14. The van der Waals surface area contributed by atoms with Crippen molar-refractivity contribution in [3.05, 3.63) is 0 Å². The first kappa shape index (κ1) is 12.4. The topological polar surface area (TPSA) is 41.1 Å². The van der Waals surface area contributed by atoms with Crippen LogP contribution in [0.2, 0.25) is 0 Å². The van der Waals surface area contributed by atoms with Crippen molar-refractivity contribution in [1.82, 2.24) is 10.6 Å². The third-order valence-electron chi connectivity index (χ3n) is 1.94. The van der Waals surface area contributed by atoms with E-state index in [1.807, 2.05) is 13.8 Å². The van der Waals surface area contributed by atoms with Gasteiger partial charge in [0, 0.05) is 7.05 Å². The molecule has 0 saturated heterocycles. The maximum atomic E-state index is 11.4. The molecule has 3 heteroatoms. The molecular formula is C10H22N2O. The molecule has 1 amide bonds. The Hall–Kier alpha value is -0.570. The minimum absolute atomic E-state index is 0.0626. The van der Waals surface area contributed by atoms with Gasteiger partial charge in [-0.1, -0.05) is 27.7 Å². The molecule has 0 saturated carbocycles. The summed E-state index contributed by atoms with van der Waals surface area (Å²) < 4.78 is 0. The lowest BCUT2D eigenvalue weighted by molar-refractivity contribution is -0.123. The summed E-state index contributed by atoms with van der Waals surface area (Å²) in [5, 5.41) is 5.93. The largest absolute Gasteiger partial charge is 0.358 e. The summed E-state index contributed by atoms with van der Waals surface area (Å²) in [5.41, 5.74) is 0. The minimum atomic E-state index is -0.0626. The third kappa shape index (κ3) is 4.88. The van der Waals surface area contributed by atoms with E-state index >= 15 is 0 Å². The summed E-state index contributed by atoms with van der Waals surface area (Å²) in [5.74, 6) is 0.986. The molecule has 3 nitrogen and oxygen atoms in total. The first-order chi connectivity index (χ1) is 5.99. The minimum Gasteiger partial charge on any atom is -0.358 e. The predicted molar refractivity (Wildman–Crippen MR) is 55.5 cm³/mol. The van der Waals surface area contributed by atoms with E-state index in [4.69, 9.17) is 0 Å². The first-order valence-electron chi connectivity index (χ1n) is 4.94. The lowest BCUT2D eigenvalue weighted by Crippen LogP contribution is -2.47. The van der Waals surface area contributed by atoms with Crippen molar-refractivity contribution in [3.8, 4) is 0 Å². The van der Waals surface area contributed by atoms with E-state index < -0.39 is 0 Å². The number of likely N-dealkylation sites (N-methyl/N-ethyl adjacent to an activating group) is 1. The van der Waals surface area contributed by atoms with Crippen molar-refractivity contribution in [3.63, 3.8) is 0 Å². The van der Waals surface area contributed by atoms with Gasteiger partial charge >= 0.3 is 0 Å². The second-order valence-electron chi connectivity index (χ2n) is 4.14. The molecule has 1 unspecified atom stereocenters. The van der Waals surface area contributed by atoms with Gasteiger partial charge in [-0.2, -0.15) is 0 Å². The van der Waals surface area contributed by atoms with Gasteiger partial charge < -0.3 is 10.6 Å². The van der Waals surface area contributed by atoms with Crippen molar-refractivity contribution >= 4 is 5.91 Å². The first-order valence-corrected chi connectivity index (χ1v) is 4.94. The van der Waals surface area contributed by atoms with Crippen LogP contribution >= 0.6 is 0 Å². The summed E-state index contributed by atoms with van der Waals surface area (Å²) >= 11 is 0. The lowest BCUT2D eigenvalue weighted by atomic mass is 10.0. The summed E-state index contributed by atoms with van der Waals surface area (Å²) in [7, 11) is 1.68. The molecule has 0 aliphatic carbocycles. The van der Waals surface area contributed by atoms with Gasteiger partial charge in [-0.15, -0.1) is 0 Å². The van der Waals surface area contributed by atoms with Crippen LogP contribution in [0, 0.1) is 11.8 Å². The smallest absolute Gasteiger partial charge is 0.237 e. The molecule has 0 aromatic rings. The Labute approximate surface area is 81.3 Å². The zero-order valence-electron chi connectivity index (χ0n) is 9.35. The fourth-order valence-corrected chi connectivity index (χ4v) is 1.15. The SMILES string of the molecule is CNC(=O)C(NCC(C)C)C(C)C. The van der Waals surface area contributed by atoms with Gasteiger partial charge in [0.25, 0.3) is 0 Å². The lowest BCUT2D eigenvalue weighted by Gasteiger charge is -2.21. The van der Waals surface area contributed by atoms with Gasteiger partial charge in [0.1, 0.15) is 0 Å². The van der Waals surface area contributed by atoms with Crippen LogP contribution in [0.4, 0.5) is 0 Å². The van der Waals surface area contributed by atoms with E-state index in [9.17, 15) is 4.79 Å². The standard InChI is InChI=1S/C10H22N2O/c1-7(2)6-12-9(8(3)4)10(13)11-5/h7-9,12H,6H2,1-5H3,(H,11,13). The fraction of sp³-hybridized carbons (Fsp3) is 0.900. The summed E-state index contributed by atoms with van der Waals surface area (Å²) in [6, 6.07) is -0.0626. The number of rotatable bonds is 5. The number of carbonyl (C=O) groups excluding carboxylic acids is 1. The van der Waals surface area contributed by atoms with Crippen LogP contribution in [0.25, 0.3) is 0 Å². The van der Waals surface area contributed by atoms with Gasteiger partial charge in [-0.25, -0.2) is 0 Å². The Kier molecular flexibility index (Phi) is 5.71. The Balaban J connectivity index is 4.03. The predicted octanol–water partition coefficient (Wildman–Crippen LogP) is 1.00. The fourth-order valence-electron chi connectivity index (χ4n) is 1.15. The number of nitrogens with one attached hydrogen (secondary N) is 2. The van der Waals surface area contributed by atoms with Crippen LogP contribution in [-0.2, 0) is 4.79 Å². The molecule has 0 heterocycles. The summed E-state index contributed by atoms with van der Waals surface area (Å²) in [6.07, 6.45) is 0. The van der Waals surface area contributed by atoms with Crippen LogP contribution in [0.1, 0.15) is 27.7 Å². The van der Waals surface area contributed by atoms with Gasteiger partial charge in [-0.05, 0) is 18.4 Å². The highest BCUT2D eigenvalue weighted by Gasteiger charge is 2.19.